The van der Waals surface area contributed by atoms with Crippen LogP contribution in [0.5, 0.6) is 5.75 Å². The molecule has 5 nitrogen and oxygen atoms in total. The van der Waals surface area contributed by atoms with Gasteiger partial charge in [-0.25, -0.2) is 0 Å². The van der Waals surface area contributed by atoms with Gasteiger partial charge in [-0.05, 0) is 47.9 Å². The van der Waals surface area contributed by atoms with E-state index in [9.17, 15) is 23.1 Å². The summed E-state index contributed by atoms with van der Waals surface area (Å²) in [6.07, 6.45) is -4.36. The van der Waals surface area contributed by atoms with E-state index in [-0.39, 0.29) is 13.3 Å². The highest BCUT2D eigenvalue weighted by Gasteiger charge is 2.48. The number of nitrogens with zero attached hydrogens (tertiary/aromatic N) is 2. The molecule has 0 saturated carbocycles. The van der Waals surface area contributed by atoms with Crippen LogP contribution in [0.4, 0.5) is 13.2 Å². The quantitative estimate of drug-likeness (QED) is 0.497. The summed E-state index contributed by atoms with van der Waals surface area (Å²) < 4.78 is 49.0. The number of aromatic nitrogens is 1. The normalized spacial score (nSPS) is 17.6. The molecule has 1 amide bonds. The van der Waals surface area contributed by atoms with Gasteiger partial charge in [0.15, 0.2) is 5.60 Å². The van der Waals surface area contributed by atoms with Gasteiger partial charge in [-0.2, -0.15) is 13.2 Å². The average molecular weight is 487 g/mol. The van der Waals surface area contributed by atoms with Crippen molar-refractivity contribution in [1.29, 1.82) is 0 Å². The van der Waals surface area contributed by atoms with Crippen LogP contribution in [-0.4, -0.2) is 33.6 Å². The van der Waals surface area contributed by atoms with Crippen LogP contribution in [0.3, 0.4) is 0 Å². The number of aliphatic hydroxyl groups is 1. The van der Waals surface area contributed by atoms with Crippen LogP contribution in [-0.2, 0) is 11.8 Å². The SMILES string of the molecule is CC(C)C(O)c1ccc(C(=O)N2CCC3(CC2)Oc2ccccc2-n2c(C(F)(F)F)ccc23)cc1.[HH]. The van der Waals surface area contributed by atoms with Crippen LogP contribution in [0.1, 0.15) is 61.5 Å². The first-order chi connectivity index (χ1) is 16.6. The number of ether oxygens (including phenoxy) is 1. The van der Waals surface area contributed by atoms with Crippen molar-refractivity contribution in [1.82, 2.24) is 9.47 Å². The van der Waals surface area contributed by atoms with Gasteiger partial charge in [-0.1, -0.05) is 38.1 Å². The lowest BCUT2D eigenvalue weighted by atomic mass is 9.86. The first kappa shape index (κ1) is 23.5. The summed E-state index contributed by atoms with van der Waals surface area (Å²) >= 11 is 0. The second-order valence-electron chi connectivity index (χ2n) is 9.60. The summed E-state index contributed by atoms with van der Waals surface area (Å²) in [7, 11) is 0. The fourth-order valence-corrected chi connectivity index (χ4v) is 5.08. The third kappa shape index (κ3) is 3.99. The number of alkyl halides is 3. The topological polar surface area (TPSA) is 54.7 Å². The molecule has 186 valence electrons. The van der Waals surface area contributed by atoms with E-state index < -0.39 is 23.6 Å². The number of carbonyl (C=O) groups is 1. The average Bonchev–Trinajstić information content (AvgIpc) is 3.31. The second kappa shape index (κ2) is 8.45. The zero-order chi connectivity index (χ0) is 25.0. The molecule has 1 aromatic heterocycles. The van der Waals surface area contributed by atoms with Crippen molar-refractivity contribution in [3.05, 3.63) is 83.2 Å². The van der Waals surface area contributed by atoms with E-state index in [0.29, 0.717) is 48.6 Å². The Hall–Kier alpha value is -3.26. The Labute approximate surface area is 203 Å². The minimum absolute atomic E-state index is 0. The van der Waals surface area contributed by atoms with Crippen molar-refractivity contribution in [3.63, 3.8) is 0 Å². The summed E-state index contributed by atoms with van der Waals surface area (Å²) in [5.74, 6) is 0.320. The summed E-state index contributed by atoms with van der Waals surface area (Å²) in [5.41, 5.74) is 0.419. The van der Waals surface area contributed by atoms with Crippen LogP contribution < -0.4 is 4.74 Å². The first-order valence-corrected chi connectivity index (χ1v) is 11.8. The van der Waals surface area contributed by atoms with Gasteiger partial charge in [0.1, 0.15) is 11.4 Å². The standard InChI is InChI=1S/C27H27F3N2O3.H2/c1-17(2)24(33)18-7-9-19(10-8-18)25(34)31-15-13-26(14-16-31)22-11-12-23(27(28,29)30)32(22)20-5-3-4-6-21(20)35-26;/h3-12,17,24,33H,13-16H2,1-2H3;1H. The Bertz CT molecular complexity index is 1250. The molecule has 35 heavy (non-hydrogen) atoms. The van der Waals surface area contributed by atoms with Gasteiger partial charge in [0.25, 0.3) is 5.91 Å². The Kier molecular flexibility index (Phi) is 5.67. The number of rotatable bonds is 3. The van der Waals surface area contributed by atoms with Crippen LogP contribution in [0.15, 0.2) is 60.7 Å². The van der Waals surface area contributed by atoms with E-state index >= 15 is 0 Å². The van der Waals surface area contributed by atoms with Crippen molar-refractivity contribution < 1.29 is 29.2 Å². The highest BCUT2D eigenvalue weighted by molar-refractivity contribution is 5.94. The molecule has 1 saturated heterocycles. The predicted octanol–water partition coefficient (Wildman–Crippen LogP) is 5.96. The van der Waals surface area contributed by atoms with Gasteiger partial charge in [0.05, 0.1) is 17.5 Å². The Morgan fingerprint density at radius 1 is 1.03 bits per heavy atom. The lowest BCUT2D eigenvalue weighted by Gasteiger charge is -2.45. The number of hydrogen-bond acceptors (Lipinski definition) is 3. The molecule has 3 heterocycles. The minimum Gasteiger partial charge on any atom is -0.479 e. The molecule has 0 radical (unpaired) electrons. The lowest BCUT2D eigenvalue weighted by molar-refractivity contribution is -0.143. The Balaban J connectivity index is 0.00000304. The van der Waals surface area contributed by atoms with Crippen molar-refractivity contribution >= 4 is 5.91 Å². The summed E-state index contributed by atoms with van der Waals surface area (Å²) in [6.45, 7) is 4.55. The minimum atomic E-state index is -4.50. The number of amides is 1. The first-order valence-electron chi connectivity index (χ1n) is 11.8. The van der Waals surface area contributed by atoms with E-state index in [1.54, 1.807) is 53.4 Å². The number of likely N-dealkylation sites (tertiary alicyclic amines) is 1. The van der Waals surface area contributed by atoms with Gasteiger partial charge >= 0.3 is 6.18 Å². The Morgan fingerprint density at radius 2 is 1.69 bits per heavy atom. The summed E-state index contributed by atoms with van der Waals surface area (Å²) in [5, 5.41) is 10.2. The molecular formula is C27H29F3N2O3. The van der Waals surface area contributed by atoms with Crippen molar-refractivity contribution in [3.8, 4) is 11.4 Å². The maximum Gasteiger partial charge on any atom is 0.431 e. The van der Waals surface area contributed by atoms with Gasteiger partial charge < -0.3 is 19.3 Å². The maximum atomic E-state index is 13.8. The van der Waals surface area contributed by atoms with E-state index in [2.05, 4.69) is 0 Å². The monoisotopic (exact) mass is 486 g/mol. The molecule has 2 aliphatic heterocycles. The number of hydrogen-bond donors (Lipinski definition) is 1. The number of benzene rings is 2. The maximum absolute atomic E-state index is 13.8. The third-order valence-corrected chi connectivity index (χ3v) is 7.04. The third-order valence-electron chi connectivity index (χ3n) is 7.04. The van der Waals surface area contributed by atoms with E-state index in [1.165, 1.54) is 10.6 Å². The second-order valence-corrected chi connectivity index (χ2v) is 9.60. The molecular weight excluding hydrogens is 457 g/mol. The molecule has 5 rings (SSSR count). The van der Waals surface area contributed by atoms with E-state index in [1.807, 2.05) is 13.8 Å². The van der Waals surface area contributed by atoms with E-state index in [4.69, 9.17) is 4.74 Å². The van der Waals surface area contributed by atoms with Crippen LogP contribution in [0.25, 0.3) is 5.69 Å². The molecule has 8 heteroatoms. The van der Waals surface area contributed by atoms with E-state index in [0.717, 1.165) is 11.6 Å². The van der Waals surface area contributed by atoms with Gasteiger partial charge in [-0.15, -0.1) is 0 Å². The highest BCUT2D eigenvalue weighted by atomic mass is 19.4. The number of carbonyl (C=O) groups excluding carboxylic acids is 1. The van der Waals surface area contributed by atoms with Gasteiger partial charge in [-0.3, -0.25) is 4.79 Å². The number of piperidine rings is 1. The van der Waals surface area contributed by atoms with Gasteiger partial charge in [0.2, 0.25) is 0 Å². The highest BCUT2D eigenvalue weighted by Crippen LogP contribution is 2.48. The summed E-state index contributed by atoms with van der Waals surface area (Å²) in [6, 6.07) is 16.3. The number of halogens is 3. The molecule has 3 aromatic rings. The number of aliphatic hydroxyl groups excluding tert-OH is 1. The predicted molar refractivity (Wildman–Crippen MR) is 127 cm³/mol. The Morgan fingerprint density at radius 3 is 2.31 bits per heavy atom. The fraction of sp³-hybridized carbons (Fsp3) is 0.370. The smallest absolute Gasteiger partial charge is 0.431 e. The van der Waals surface area contributed by atoms with Crippen molar-refractivity contribution in [2.75, 3.05) is 13.1 Å². The molecule has 0 aliphatic carbocycles. The van der Waals surface area contributed by atoms with Crippen LogP contribution >= 0.6 is 0 Å². The van der Waals surface area contributed by atoms with Crippen molar-refractivity contribution in [2.45, 2.75) is 44.6 Å². The van der Waals surface area contributed by atoms with Crippen molar-refractivity contribution in [2.24, 2.45) is 5.92 Å². The number of fused-ring (bicyclic) bond motifs is 4. The molecule has 1 N–H and O–H groups in total. The number of para-hydroxylation sites is 2. The largest absolute Gasteiger partial charge is 0.479 e. The van der Waals surface area contributed by atoms with Gasteiger partial charge in [0, 0.05) is 32.9 Å². The zero-order valence-corrected chi connectivity index (χ0v) is 19.5. The molecule has 2 aliphatic rings. The lowest BCUT2D eigenvalue weighted by Crippen LogP contribution is -2.50. The molecule has 1 fully saturated rings. The summed E-state index contributed by atoms with van der Waals surface area (Å²) in [4.78, 5) is 14.8. The molecule has 1 spiro atoms. The molecule has 0 bridgehead atoms. The zero-order valence-electron chi connectivity index (χ0n) is 19.5. The molecule has 1 unspecified atom stereocenters. The molecule has 2 aromatic carbocycles. The molecule has 1 atom stereocenters. The fourth-order valence-electron chi connectivity index (χ4n) is 5.08. The van der Waals surface area contributed by atoms with Crippen LogP contribution in [0, 0.1) is 5.92 Å². The van der Waals surface area contributed by atoms with Crippen LogP contribution in [0.2, 0.25) is 0 Å².